The van der Waals surface area contributed by atoms with Crippen molar-refractivity contribution in [3.63, 3.8) is 0 Å². The molecule has 2 atom stereocenters. The highest BCUT2D eigenvalue weighted by Crippen LogP contribution is 2.13. The summed E-state index contributed by atoms with van der Waals surface area (Å²) in [6, 6.07) is 7.12. The second-order valence-electron chi connectivity index (χ2n) is 5.69. The Labute approximate surface area is 125 Å². The van der Waals surface area contributed by atoms with Gasteiger partial charge in [-0.3, -0.25) is 4.79 Å². The number of piperazine rings is 1. The number of rotatable bonds is 3. The van der Waals surface area contributed by atoms with Crippen LogP contribution in [-0.2, 0) is 15.8 Å². The highest BCUT2D eigenvalue weighted by atomic mass is 32.2. The first-order valence-corrected chi connectivity index (χ1v) is 8.61. The summed E-state index contributed by atoms with van der Waals surface area (Å²) in [5, 5.41) is 8.41. The summed E-state index contributed by atoms with van der Waals surface area (Å²) in [5.74, 6) is -0.339. The molecule has 0 saturated carbocycles. The van der Waals surface area contributed by atoms with Crippen LogP contribution in [0.1, 0.15) is 29.8 Å². The van der Waals surface area contributed by atoms with Crippen LogP contribution >= 0.6 is 0 Å². The van der Waals surface area contributed by atoms with Crippen LogP contribution < -0.4 is 10.5 Å². The SMILES string of the molecule is C[C@@H]1CN(C(=O)c2cccc(CS(N)(=O)=O)c2)C[C@@H](C)N1. The smallest absolute Gasteiger partial charge is 0.253 e. The number of carbonyl (C=O) groups is 1. The average molecular weight is 311 g/mol. The first-order valence-electron chi connectivity index (χ1n) is 6.89. The van der Waals surface area contributed by atoms with Gasteiger partial charge in [0.15, 0.2) is 0 Å². The van der Waals surface area contributed by atoms with Crippen molar-refractivity contribution in [2.24, 2.45) is 5.14 Å². The minimum atomic E-state index is -3.60. The zero-order valence-electron chi connectivity index (χ0n) is 12.2. The molecule has 7 heteroatoms. The number of nitrogens with two attached hydrogens (primary N) is 1. The zero-order chi connectivity index (χ0) is 15.6. The van der Waals surface area contributed by atoms with E-state index < -0.39 is 10.0 Å². The van der Waals surface area contributed by atoms with E-state index in [4.69, 9.17) is 5.14 Å². The predicted octanol–water partition coefficient (Wildman–Crippen LogP) is 0.298. The molecule has 1 aromatic rings. The lowest BCUT2D eigenvalue weighted by atomic mass is 10.1. The van der Waals surface area contributed by atoms with Gasteiger partial charge in [0.2, 0.25) is 10.0 Å². The Morgan fingerprint density at radius 1 is 1.33 bits per heavy atom. The van der Waals surface area contributed by atoms with Crippen LogP contribution in [0, 0.1) is 0 Å². The number of benzene rings is 1. The lowest BCUT2D eigenvalue weighted by Gasteiger charge is -2.36. The molecule has 0 aromatic heterocycles. The molecular formula is C14H21N3O3S. The molecule has 0 aliphatic carbocycles. The van der Waals surface area contributed by atoms with Crippen LogP contribution in [0.5, 0.6) is 0 Å². The fourth-order valence-corrected chi connectivity index (χ4v) is 3.35. The molecule has 1 fully saturated rings. The maximum Gasteiger partial charge on any atom is 0.253 e. The Kier molecular flexibility index (Phi) is 4.65. The van der Waals surface area contributed by atoms with E-state index in [-0.39, 0.29) is 23.7 Å². The highest BCUT2D eigenvalue weighted by molar-refractivity contribution is 7.88. The number of amides is 1. The van der Waals surface area contributed by atoms with Gasteiger partial charge < -0.3 is 10.2 Å². The molecule has 21 heavy (non-hydrogen) atoms. The van der Waals surface area contributed by atoms with Crippen LogP contribution in [0.4, 0.5) is 0 Å². The van der Waals surface area contributed by atoms with Gasteiger partial charge in [0.05, 0.1) is 5.75 Å². The fraction of sp³-hybridized carbons (Fsp3) is 0.500. The Morgan fingerprint density at radius 3 is 2.52 bits per heavy atom. The number of primary sulfonamides is 1. The summed E-state index contributed by atoms with van der Waals surface area (Å²) in [6.07, 6.45) is 0. The van der Waals surface area contributed by atoms with E-state index >= 15 is 0 Å². The third-order valence-electron chi connectivity index (χ3n) is 3.39. The standard InChI is InChI=1S/C14H21N3O3S/c1-10-7-17(8-11(2)16-10)14(18)13-5-3-4-12(6-13)9-21(15,19)20/h3-6,10-11,16H,7-9H2,1-2H3,(H2,15,19,20)/t10-,11-/m1/s1. The molecule has 0 radical (unpaired) electrons. The van der Waals surface area contributed by atoms with Gasteiger partial charge >= 0.3 is 0 Å². The van der Waals surface area contributed by atoms with Crippen LogP contribution in [0.2, 0.25) is 0 Å². The molecule has 2 rings (SSSR count). The Bertz CT molecular complexity index is 620. The van der Waals surface area contributed by atoms with Crippen LogP contribution in [0.3, 0.4) is 0 Å². The van der Waals surface area contributed by atoms with Crippen molar-refractivity contribution in [1.82, 2.24) is 10.2 Å². The van der Waals surface area contributed by atoms with E-state index in [0.29, 0.717) is 24.2 Å². The molecule has 1 heterocycles. The van der Waals surface area contributed by atoms with Gasteiger partial charge in [-0.1, -0.05) is 12.1 Å². The third kappa shape index (κ3) is 4.52. The van der Waals surface area contributed by atoms with E-state index in [1.165, 1.54) is 0 Å². The molecule has 116 valence electrons. The van der Waals surface area contributed by atoms with Crippen molar-refractivity contribution in [2.45, 2.75) is 31.7 Å². The van der Waals surface area contributed by atoms with Crippen molar-refractivity contribution in [2.75, 3.05) is 13.1 Å². The molecule has 0 unspecified atom stereocenters. The summed E-state index contributed by atoms with van der Waals surface area (Å²) in [4.78, 5) is 14.3. The molecule has 0 spiro atoms. The summed E-state index contributed by atoms with van der Waals surface area (Å²) < 4.78 is 22.3. The number of nitrogens with zero attached hydrogens (tertiary/aromatic N) is 1. The Hall–Kier alpha value is -1.44. The van der Waals surface area contributed by atoms with Crippen molar-refractivity contribution in [3.05, 3.63) is 35.4 Å². The molecule has 3 N–H and O–H groups in total. The van der Waals surface area contributed by atoms with Crippen LogP contribution in [-0.4, -0.2) is 44.4 Å². The van der Waals surface area contributed by atoms with E-state index in [1.54, 1.807) is 29.2 Å². The average Bonchev–Trinajstić information content (AvgIpc) is 2.35. The molecule has 0 bridgehead atoms. The van der Waals surface area contributed by atoms with Gasteiger partial charge in [0, 0.05) is 30.7 Å². The second-order valence-corrected chi connectivity index (χ2v) is 7.30. The lowest BCUT2D eigenvalue weighted by Crippen LogP contribution is -2.55. The van der Waals surface area contributed by atoms with Gasteiger partial charge in [-0.05, 0) is 31.5 Å². The number of sulfonamides is 1. The van der Waals surface area contributed by atoms with Crippen molar-refractivity contribution < 1.29 is 13.2 Å². The molecule has 1 aromatic carbocycles. The van der Waals surface area contributed by atoms with E-state index in [2.05, 4.69) is 5.32 Å². The molecular weight excluding hydrogens is 290 g/mol. The minimum absolute atomic E-state index is 0.0773. The minimum Gasteiger partial charge on any atom is -0.336 e. The lowest BCUT2D eigenvalue weighted by molar-refractivity contribution is 0.0673. The summed E-state index contributed by atoms with van der Waals surface area (Å²) in [5.41, 5.74) is 1.03. The van der Waals surface area contributed by atoms with Gasteiger partial charge in [-0.15, -0.1) is 0 Å². The second kappa shape index (κ2) is 6.13. The van der Waals surface area contributed by atoms with Crippen LogP contribution in [0.25, 0.3) is 0 Å². The normalized spacial score (nSPS) is 23.1. The first kappa shape index (κ1) is 15.9. The number of carbonyl (C=O) groups excluding carboxylic acids is 1. The monoisotopic (exact) mass is 311 g/mol. The molecule has 1 amide bonds. The predicted molar refractivity (Wildman–Crippen MR) is 81.2 cm³/mol. The first-order chi connectivity index (χ1) is 9.74. The fourth-order valence-electron chi connectivity index (χ4n) is 2.70. The summed E-state index contributed by atoms with van der Waals surface area (Å²) >= 11 is 0. The van der Waals surface area contributed by atoms with Gasteiger partial charge in [-0.2, -0.15) is 0 Å². The molecule has 1 aliphatic heterocycles. The van der Waals surface area contributed by atoms with E-state index in [1.807, 2.05) is 13.8 Å². The number of hydrogen-bond acceptors (Lipinski definition) is 4. The summed E-state index contributed by atoms with van der Waals surface area (Å²) in [6.45, 7) is 5.35. The van der Waals surface area contributed by atoms with Crippen molar-refractivity contribution >= 4 is 15.9 Å². The van der Waals surface area contributed by atoms with Crippen LogP contribution in [0.15, 0.2) is 24.3 Å². The van der Waals surface area contributed by atoms with Crippen molar-refractivity contribution in [3.8, 4) is 0 Å². The third-order valence-corrected chi connectivity index (χ3v) is 4.12. The highest BCUT2D eigenvalue weighted by Gasteiger charge is 2.25. The Morgan fingerprint density at radius 2 is 1.95 bits per heavy atom. The zero-order valence-corrected chi connectivity index (χ0v) is 13.1. The van der Waals surface area contributed by atoms with Gasteiger partial charge in [-0.25, -0.2) is 13.6 Å². The largest absolute Gasteiger partial charge is 0.336 e. The van der Waals surface area contributed by atoms with Crippen molar-refractivity contribution in [1.29, 1.82) is 0 Å². The Balaban J connectivity index is 2.17. The number of nitrogens with one attached hydrogen (secondary N) is 1. The van der Waals surface area contributed by atoms with Gasteiger partial charge in [0.25, 0.3) is 5.91 Å². The topological polar surface area (TPSA) is 92.5 Å². The van der Waals surface area contributed by atoms with Gasteiger partial charge in [0.1, 0.15) is 0 Å². The summed E-state index contributed by atoms with van der Waals surface area (Å²) in [7, 11) is -3.60. The molecule has 1 saturated heterocycles. The van der Waals surface area contributed by atoms with E-state index in [9.17, 15) is 13.2 Å². The quantitative estimate of drug-likeness (QED) is 0.839. The maximum atomic E-state index is 12.5. The number of hydrogen-bond donors (Lipinski definition) is 2. The maximum absolute atomic E-state index is 12.5. The molecule has 1 aliphatic rings. The van der Waals surface area contributed by atoms with E-state index in [0.717, 1.165) is 0 Å². The molecule has 6 nitrogen and oxygen atoms in total.